The fourth-order valence-electron chi connectivity index (χ4n) is 3.11. The number of hydrogen-bond donors (Lipinski definition) is 1. The highest BCUT2D eigenvalue weighted by atomic mass is 35.5. The SMILES string of the molecule is Cn1ccc(NC(=O)C2(c3ccc(Cl)cc3)CCCC2)n1. The first kappa shape index (κ1) is 14.1. The second kappa shape index (κ2) is 5.53. The van der Waals surface area contributed by atoms with Gasteiger partial charge in [0.15, 0.2) is 5.82 Å². The Labute approximate surface area is 129 Å². The molecule has 2 aromatic rings. The number of halogens is 1. The molecule has 1 saturated carbocycles. The van der Waals surface area contributed by atoms with E-state index < -0.39 is 5.41 Å². The van der Waals surface area contributed by atoms with E-state index in [0.717, 1.165) is 31.2 Å². The summed E-state index contributed by atoms with van der Waals surface area (Å²) in [5.74, 6) is 0.628. The molecular weight excluding hydrogens is 286 g/mol. The number of nitrogens with one attached hydrogen (secondary N) is 1. The van der Waals surface area contributed by atoms with Gasteiger partial charge in [0.25, 0.3) is 0 Å². The molecule has 0 atom stereocenters. The molecule has 0 spiro atoms. The summed E-state index contributed by atoms with van der Waals surface area (Å²) in [4.78, 5) is 12.8. The third kappa shape index (κ3) is 2.68. The summed E-state index contributed by atoms with van der Waals surface area (Å²) >= 11 is 5.96. The molecule has 1 aromatic heterocycles. The Morgan fingerprint density at radius 3 is 2.48 bits per heavy atom. The molecule has 1 aliphatic rings. The van der Waals surface area contributed by atoms with Crippen LogP contribution in [0.2, 0.25) is 5.02 Å². The number of aromatic nitrogens is 2. The molecule has 0 saturated heterocycles. The van der Waals surface area contributed by atoms with Crippen LogP contribution in [0.5, 0.6) is 0 Å². The molecule has 0 bridgehead atoms. The van der Waals surface area contributed by atoms with Gasteiger partial charge in [-0.2, -0.15) is 5.10 Å². The molecule has 21 heavy (non-hydrogen) atoms. The van der Waals surface area contributed by atoms with Crippen molar-refractivity contribution in [2.45, 2.75) is 31.1 Å². The Hall–Kier alpha value is -1.81. The number of rotatable bonds is 3. The van der Waals surface area contributed by atoms with Crippen LogP contribution in [0, 0.1) is 0 Å². The van der Waals surface area contributed by atoms with Gasteiger partial charge in [-0.1, -0.05) is 36.6 Å². The Balaban J connectivity index is 1.89. The molecule has 1 aliphatic carbocycles. The highest BCUT2D eigenvalue weighted by Gasteiger charge is 2.42. The molecule has 0 unspecified atom stereocenters. The fourth-order valence-corrected chi connectivity index (χ4v) is 3.24. The van der Waals surface area contributed by atoms with Crippen LogP contribution in [0.15, 0.2) is 36.5 Å². The number of carbonyl (C=O) groups is 1. The minimum absolute atomic E-state index is 0.0287. The molecule has 1 heterocycles. The van der Waals surface area contributed by atoms with Crippen LogP contribution < -0.4 is 5.32 Å². The summed E-state index contributed by atoms with van der Waals surface area (Å²) in [5, 5.41) is 7.87. The molecule has 4 nitrogen and oxygen atoms in total. The normalized spacial score (nSPS) is 16.9. The van der Waals surface area contributed by atoms with Crippen molar-refractivity contribution in [1.82, 2.24) is 9.78 Å². The van der Waals surface area contributed by atoms with E-state index in [0.29, 0.717) is 10.8 Å². The molecule has 1 aromatic carbocycles. The highest BCUT2D eigenvalue weighted by Crippen LogP contribution is 2.42. The largest absolute Gasteiger partial charge is 0.308 e. The number of carbonyl (C=O) groups excluding carboxylic acids is 1. The van der Waals surface area contributed by atoms with E-state index in [1.165, 1.54) is 0 Å². The van der Waals surface area contributed by atoms with Gasteiger partial charge in [-0.05, 0) is 30.5 Å². The standard InChI is InChI=1S/C16H18ClN3O/c1-20-11-8-14(19-20)18-15(21)16(9-2-3-10-16)12-4-6-13(17)7-5-12/h4-8,11H,2-3,9-10H2,1H3,(H,18,19,21). The maximum absolute atomic E-state index is 12.8. The Morgan fingerprint density at radius 1 is 1.24 bits per heavy atom. The van der Waals surface area contributed by atoms with E-state index in [4.69, 9.17) is 11.6 Å². The van der Waals surface area contributed by atoms with Crippen LogP contribution in [0.25, 0.3) is 0 Å². The molecule has 1 amide bonds. The zero-order valence-electron chi connectivity index (χ0n) is 12.0. The second-order valence-electron chi connectivity index (χ2n) is 5.62. The minimum Gasteiger partial charge on any atom is -0.308 e. The van der Waals surface area contributed by atoms with Gasteiger partial charge in [0.2, 0.25) is 5.91 Å². The van der Waals surface area contributed by atoms with Crippen LogP contribution >= 0.6 is 11.6 Å². The lowest BCUT2D eigenvalue weighted by atomic mass is 9.78. The predicted molar refractivity (Wildman–Crippen MR) is 83.4 cm³/mol. The fraction of sp³-hybridized carbons (Fsp3) is 0.375. The van der Waals surface area contributed by atoms with Crippen LogP contribution in [0.1, 0.15) is 31.2 Å². The summed E-state index contributed by atoms with van der Waals surface area (Å²) in [5.41, 5.74) is 0.583. The third-order valence-corrected chi connectivity index (χ3v) is 4.50. The van der Waals surface area contributed by atoms with Crippen molar-refractivity contribution in [3.63, 3.8) is 0 Å². The zero-order chi connectivity index (χ0) is 14.9. The molecule has 0 radical (unpaired) electrons. The Morgan fingerprint density at radius 2 is 1.90 bits per heavy atom. The van der Waals surface area contributed by atoms with Crippen molar-refractivity contribution in [1.29, 1.82) is 0 Å². The van der Waals surface area contributed by atoms with Crippen molar-refractivity contribution < 1.29 is 4.79 Å². The molecule has 0 aliphatic heterocycles. The Kier molecular flexibility index (Phi) is 3.72. The van der Waals surface area contributed by atoms with Crippen molar-refractivity contribution in [2.24, 2.45) is 7.05 Å². The van der Waals surface area contributed by atoms with E-state index in [1.54, 1.807) is 4.68 Å². The van der Waals surface area contributed by atoms with Crippen molar-refractivity contribution in [3.8, 4) is 0 Å². The van der Waals surface area contributed by atoms with Gasteiger partial charge in [0.05, 0.1) is 5.41 Å². The number of amides is 1. The molecule has 1 fully saturated rings. The van der Waals surface area contributed by atoms with Gasteiger partial charge in [-0.15, -0.1) is 0 Å². The maximum atomic E-state index is 12.8. The van der Waals surface area contributed by atoms with Gasteiger partial charge in [0, 0.05) is 24.3 Å². The average molecular weight is 304 g/mol. The Bertz CT molecular complexity index is 642. The molecule has 5 heteroatoms. The molecular formula is C16H18ClN3O. The van der Waals surface area contributed by atoms with Gasteiger partial charge in [-0.25, -0.2) is 0 Å². The van der Waals surface area contributed by atoms with Gasteiger partial charge in [0.1, 0.15) is 0 Å². The van der Waals surface area contributed by atoms with Gasteiger partial charge in [-0.3, -0.25) is 9.48 Å². The first-order chi connectivity index (χ1) is 10.1. The minimum atomic E-state index is -0.456. The first-order valence-corrected chi connectivity index (χ1v) is 7.55. The van der Waals surface area contributed by atoms with E-state index in [-0.39, 0.29) is 5.91 Å². The summed E-state index contributed by atoms with van der Waals surface area (Å²) in [7, 11) is 1.83. The number of anilines is 1. The lowest BCUT2D eigenvalue weighted by Gasteiger charge is -2.28. The van der Waals surface area contributed by atoms with E-state index in [9.17, 15) is 4.79 Å². The number of benzene rings is 1. The van der Waals surface area contributed by atoms with Crippen molar-refractivity contribution in [2.75, 3.05) is 5.32 Å². The topological polar surface area (TPSA) is 46.9 Å². The quantitative estimate of drug-likeness (QED) is 0.943. The van der Waals surface area contributed by atoms with E-state index in [1.807, 2.05) is 43.6 Å². The van der Waals surface area contributed by atoms with Gasteiger partial charge >= 0.3 is 0 Å². The number of hydrogen-bond acceptors (Lipinski definition) is 2. The average Bonchev–Trinajstić information content (AvgIpc) is 3.10. The van der Waals surface area contributed by atoms with Crippen molar-refractivity contribution in [3.05, 3.63) is 47.1 Å². The first-order valence-electron chi connectivity index (χ1n) is 7.17. The molecule has 3 rings (SSSR count). The zero-order valence-corrected chi connectivity index (χ0v) is 12.7. The third-order valence-electron chi connectivity index (χ3n) is 4.24. The molecule has 110 valence electrons. The van der Waals surface area contributed by atoms with E-state index in [2.05, 4.69) is 10.4 Å². The lowest BCUT2D eigenvalue weighted by molar-refractivity contribution is -0.121. The summed E-state index contributed by atoms with van der Waals surface area (Å²) in [6.07, 6.45) is 5.69. The lowest BCUT2D eigenvalue weighted by Crippen LogP contribution is -2.38. The predicted octanol–water partition coefficient (Wildman–Crippen LogP) is 3.52. The van der Waals surface area contributed by atoms with Crippen LogP contribution in [0.4, 0.5) is 5.82 Å². The van der Waals surface area contributed by atoms with Crippen LogP contribution in [-0.4, -0.2) is 15.7 Å². The highest BCUT2D eigenvalue weighted by molar-refractivity contribution is 6.30. The molecule has 1 N–H and O–H groups in total. The summed E-state index contributed by atoms with van der Waals surface area (Å²) in [6, 6.07) is 9.44. The van der Waals surface area contributed by atoms with Gasteiger partial charge < -0.3 is 5.32 Å². The smallest absolute Gasteiger partial charge is 0.236 e. The number of nitrogens with zero attached hydrogens (tertiary/aromatic N) is 2. The van der Waals surface area contributed by atoms with E-state index >= 15 is 0 Å². The van der Waals surface area contributed by atoms with Crippen LogP contribution in [-0.2, 0) is 17.3 Å². The van der Waals surface area contributed by atoms with Crippen molar-refractivity contribution >= 4 is 23.3 Å². The number of aryl methyl sites for hydroxylation is 1. The summed E-state index contributed by atoms with van der Waals surface area (Å²) < 4.78 is 1.68. The summed E-state index contributed by atoms with van der Waals surface area (Å²) in [6.45, 7) is 0. The maximum Gasteiger partial charge on any atom is 0.236 e. The second-order valence-corrected chi connectivity index (χ2v) is 6.06. The monoisotopic (exact) mass is 303 g/mol. The van der Waals surface area contributed by atoms with Crippen LogP contribution in [0.3, 0.4) is 0 Å².